The van der Waals surface area contributed by atoms with Crippen molar-refractivity contribution in [2.24, 2.45) is 5.41 Å². The molecule has 0 aromatic heterocycles. The number of rotatable bonds is 0. The molecule has 0 saturated heterocycles. The Morgan fingerprint density at radius 1 is 1.12 bits per heavy atom. The number of para-hydroxylation sites is 1. The molecule has 1 N–H and O–H groups in total. The highest BCUT2D eigenvalue weighted by atomic mass is 16.6. The van der Waals surface area contributed by atoms with Gasteiger partial charge in [0.25, 0.3) is 0 Å². The van der Waals surface area contributed by atoms with Gasteiger partial charge in [0.15, 0.2) is 7.05 Å². The average Bonchev–Trinajstić information content (AvgIpc) is 2.00. The Balaban J connectivity index is 0. The number of nitrogens with zero attached hydrogens (tertiary/aromatic N) is 1. The minimum Gasteiger partial charge on any atom is -0.508 e. The zero-order valence-corrected chi connectivity index (χ0v) is 10.6. The van der Waals surface area contributed by atoms with Gasteiger partial charge in [-0.05, 0) is 17.5 Å². The number of phenolic OH excluding ortho intramolecular Hbond substituents is 1. The van der Waals surface area contributed by atoms with E-state index in [-0.39, 0.29) is 0 Å². The van der Waals surface area contributed by atoms with E-state index in [4.69, 9.17) is 15.2 Å². The fourth-order valence-corrected chi connectivity index (χ4v) is 0.428. The second-order valence-electron chi connectivity index (χ2n) is 4.78. The van der Waals surface area contributed by atoms with Crippen LogP contribution in [0.25, 0.3) is 0 Å². The van der Waals surface area contributed by atoms with Gasteiger partial charge in [0.1, 0.15) is 5.75 Å². The molecule has 0 spiro atoms. The first-order chi connectivity index (χ1) is 7.13. The maximum Gasteiger partial charge on any atom is 0.194 e. The van der Waals surface area contributed by atoms with Crippen LogP contribution in [0.2, 0.25) is 0 Å². The van der Waals surface area contributed by atoms with E-state index < -0.39 is 4.92 Å². The number of phenols is 1. The Hall–Kier alpha value is -1.58. The maximum atomic E-state index is 8.81. The number of benzene rings is 1. The van der Waals surface area contributed by atoms with E-state index in [1.54, 1.807) is 24.3 Å². The normalized spacial score (nSPS) is 9.06. The van der Waals surface area contributed by atoms with Gasteiger partial charge in [0.2, 0.25) is 0 Å². The lowest BCUT2D eigenvalue weighted by atomic mass is 10.0. The summed E-state index contributed by atoms with van der Waals surface area (Å²) in [5, 5.41) is 17.4. The van der Waals surface area contributed by atoms with Gasteiger partial charge < -0.3 is 5.11 Å². The van der Waals surface area contributed by atoms with Crippen molar-refractivity contribution in [3.05, 3.63) is 40.4 Å². The molecule has 0 radical (unpaired) electrons. The van der Waals surface area contributed by atoms with Gasteiger partial charge in [0, 0.05) is 4.92 Å². The van der Waals surface area contributed by atoms with Crippen molar-refractivity contribution in [3.8, 4) is 5.75 Å². The SMILES string of the molecule is CC(C)(C)C.C[N+](=O)[O-].Oc1ccccc1. The fraction of sp³-hybridized carbons (Fsp3) is 0.500. The van der Waals surface area contributed by atoms with Crippen LogP contribution >= 0.6 is 0 Å². The topological polar surface area (TPSA) is 63.4 Å². The first-order valence-corrected chi connectivity index (χ1v) is 4.95. The Bertz CT molecular complexity index is 268. The molecule has 0 atom stereocenters. The molecule has 0 saturated carbocycles. The smallest absolute Gasteiger partial charge is 0.194 e. The van der Waals surface area contributed by atoms with E-state index >= 15 is 0 Å². The van der Waals surface area contributed by atoms with Crippen molar-refractivity contribution >= 4 is 0 Å². The van der Waals surface area contributed by atoms with Crippen LogP contribution in [0.5, 0.6) is 5.75 Å². The number of nitro groups is 1. The van der Waals surface area contributed by atoms with E-state index in [0.29, 0.717) is 11.2 Å². The van der Waals surface area contributed by atoms with Crippen LogP contribution in [0, 0.1) is 15.5 Å². The van der Waals surface area contributed by atoms with Crippen molar-refractivity contribution in [2.45, 2.75) is 27.7 Å². The molecule has 1 rings (SSSR count). The van der Waals surface area contributed by atoms with Crippen molar-refractivity contribution in [2.75, 3.05) is 7.05 Å². The molecule has 1 aromatic rings. The predicted octanol–water partition coefficient (Wildman–Crippen LogP) is 3.34. The highest BCUT2D eigenvalue weighted by Crippen LogP contribution is 2.08. The van der Waals surface area contributed by atoms with Gasteiger partial charge >= 0.3 is 0 Å². The van der Waals surface area contributed by atoms with Crippen molar-refractivity contribution in [1.29, 1.82) is 0 Å². The van der Waals surface area contributed by atoms with Crippen LogP contribution in [-0.4, -0.2) is 17.1 Å². The molecule has 1 aromatic carbocycles. The highest BCUT2D eigenvalue weighted by molar-refractivity contribution is 5.18. The molecular formula is C12H21NO3. The minimum atomic E-state index is -0.500. The number of hydrogen-bond donors (Lipinski definition) is 1. The Kier molecular flexibility index (Phi) is 9.16. The lowest BCUT2D eigenvalue weighted by molar-refractivity contribution is -0.445. The Labute approximate surface area is 97.1 Å². The molecule has 0 fully saturated rings. The van der Waals surface area contributed by atoms with Crippen molar-refractivity contribution < 1.29 is 10.0 Å². The molecule has 0 aliphatic heterocycles. The summed E-state index contributed by atoms with van der Waals surface area (Å²) < 4.78 is 0. The molecule has 4 nitrogen and oxygen atoms in total. The molecule has 4 heteroatoms. The summed E-state index contributed by atoms with van der Waals surface area (Å²) in [5.74, 6) is 0.322. The second-order valence-corrected chi connectivity index (χ2v) is 4.78. The molecular weight excluding hydrogens is 206 g/mol. The molecule has 0 bridgehead atoms. The highest BCUT2D eigenvalue weighted by Gasteiger charge is 1.95. The molecule has 0 unspecified atom stereocenters. The molecule has 0 aliphatic carbocycles. The maximum absolute atomic E-state index is 8.81. The third-order valence-corrected chi connectivity index (χ3v) is 0.756. The van der Waals surface area contributed by atoms with E-state index in [2.05, 4.69) is 27.7 Å². The standard InChI is InChI=1S/C6H6O.C5H12.CH3NO2/c7-6-4-2-1-3-5-6;1-5(2,3)4;1-2(3)4/h1-5,7H;1-4H3;1H3. The summed E-state index contributed by atoms with van der Waals surface area (Å²) in [6.07, 6.45) is 0. The quantitative estimate of drug-likeness (QED) is 0.546. The van der Waals surface area contributed by atoms with Gasteiger partial charge in [-0.15, -0.1) is 0 Å². The van der Waals surface area contributed by atoms with Gasteiger partial charge in [-0.3, -0.25) is 10.1 Å². The zero-order chi connectivity index (χ0) is 13.2. The predicted molar refractivity (Wildman–Crippen MR) is 66.2 cm³/mol. The minimum absolute atomic E-state index is 0.322. The third kappa shape index (κ3) is 39.3. The van der Waals surface area contributed by atoms with Crippen LogP contribution in [0.4, 0.5) is 0 Å². The molecule has 0 amide bonds. The first kappa shape index (κ1) is 16.8. The van der Waals surface area contributed by atoms with Crippen LogP contribution in [0.1, 0.15) is 27.7 Å². The van der Waals surface area contributed by atoms with Gasteiger partial charge in [-0.25, -0.2) is 0 Å². The van der Waals surface area contributed by atoms with E-state index in [0.717, 1.165) is 7.05 Å². The summed E-state index contributed by atoms with van der Waals surface area (Å²) in [6.45, 7) is 8.75. The summed E-state index contributed by atoms with van der Waals surface area (Å²) in [6, 6.07) is 8.71. The molecule has 0 aliphatic rings. The fourth-order valence-electron chi connectivity index (χ4n) is 0.428. The Morgan fingerprint density at radius 2 is 1.38 bits per heavy atom. The van der Waals surface area contributed by atoms with Crippen LogP contribution in [0.3, 0.4) is 0 Å². The second kappa shape index (κ2) is 8.71. The molecule has 0 heterocycles. The van der Waals surface area contributed by atoms with Gasteiger partial charge in [-0.2, -0.15) is 0 Å². The monoisotopic (exact) mass is 227 g/mol. The Morgan fingerprint density at radius 3 is 1.50 bits per heavy atom. The van der Waals surface area contributed by atoms with Crippen LogP contribution in [-0.2, 0) is 0 Å². The van der Waals surface area contributed by atoms with Crippen LogP contribution < -0.4 is 0 Å². The lowest BCUT2D eigenvalue weighted by Crippen LogP contribution is -1.93. The van der Waals surface area contributed by atoms with E-state index in [9.17, 15) is 0 Å². The average molecular weight is 227 g/mol. The van der Waals surface area contributed by atoms with Crippen molar-refractivity contribution in [1.82, 2.24) is 0 Å². The summed E-state index contributed by atoms with van der Waals surface area (Å²) >= 11 is 0. The largest absolute Gasteiger partial charge is 0.508 e. The zero-order valence-electron chi connectivity index (χ0n) is 10.6. The summed E-state index contributed by atoms with van der Waals surface area (Å²) in [7, 11) is 0.889. The molecule has 16 heavy (non-hydrogen) atoms. The third-order valence-electron chi connectivity index (χ3n) is 0.756. The van der Waals surface area contributed by atoms with Gasteiger partial charge in [-0.1, -0.05) is 45.9 Å². The van der Waals surface area contributed by atoms with E-state index in [1.807, 2.05) is 6.07 Å². The van der Waals surface area contributed by atoms with Gasteiger partial charge in [0.05, 0.1) is 0 Å². The van der Waals surface area contributed by atoms with Crippen LogP contribution in [0.15, 0.2) is 30.3 Å². The summed E-state index contributed by atoms with van der Waals surface area (Å²) in [5.41, 5.74) is 0.500. The number of hydrogen-bond acceptors (Lipinski definition) is 3. The summed E-state index contributed by atoms with van der Waals surface area (Å²) in [4.78, 5) is 8.31. The lowest BCUT2D eigenvalue weighted by Gasteiger charge is -2.05. The first-order valence-electron chi connectivity index (χ1n) is 4.95. The van der Waals surface area contributed by atoms with E-state index in [1.165, 1.54) is 0 Å². The van der Waals surface area contributed by atoms with Crippen molar-refractivity contribution in [3.63, 3.8) is 0 Å². The molecule has 92 valence electrons. The number of aromatic hydroxyl groups is 1.